The van der Waals surface area contributed by atoms with Crippen molar-refractivity contribution in [3.63, 3.8) is 0 Å². The van der Waals surface area contributed by atoms with Gasteiger partial charge in [0.15, 0.2) is 0 Å². The molecule has 15 heavy (non-hydrogen) atoms. The van der Waals surface area contributed by atoms with Gasteiger partial charge >= 0.3 is 0 Å². The largest absolute Gasteiger partial charge is 0.307 e. The quantitative estimate of drug-likeness (QED) is 0.705. The number of hydrogen-bond donors (Lipinski definition) is 1. The van der Waals surface area contributed by atoms with Crippen molar-refractivity contribution in [1.29, 1.82) is 0 Å². The molecule has 1 aliphatic carbocycles. The minimum Gasteiger partial charge on any atom is -0.307 e. The van der Waals surface area contributed by atoms with Crippen LogP contribution in [0.3, 0.4) is 0 Å². The molecule has 0 aromatic rings. The van der Waals surface area contributed by atoms with Crippen LogP contribution in [0.5, 0.6) is 0 Å². The molecular formula is C13H28N2. The van der Waals surface area contributed by atoms with Gasteiger partial charge in [-0.05, 0) is 33.0 Å². The molecule has 0 unspecified atom stereocenters. The first-order valence-electron chi connectivity index (χ1n) is 6.66. The monoisotopic (exact) mass is 212 g/mol. The third-order valence-corrected chi connectivity index (χ3v) is 3.57. The van der Waals surface area contributed by atoms with Gasteiger partial charge in [-0.25, -0.2) is 0 Å². The Balaban J connectivity index is 2.11. The van der Waals surface area contributed by atoms with Crippen LogP contribution in [0.15, 0.2) is 0 Å². The standard InChI is InChI=1S/C13H28N2/c1-14-12-15(2)11-10-13-8-6-4-3-5-7-9-13/h13-14H,3-12H2,1-2H3. The molecular weight excluding hydrogens is 184 g/mol. The van der Waals surface area contributed by atoms with Crippen LogP contribution in [0.25, 0.3) is 0 Å². The van der Waals surface area contributed by atoms with E-state index in [1.165, 1.54) is 57.9 Å². The van der Waals surface area contributed by atoms with Gasteiger partial charge in [0.05, 0.1) is 0 Å². The molecule has 1 N–H and O–H groups in total. The lowest BCUT2D eigenvalue weighted by Gasteiger charge is -2.23. The minimum atomic E-state index is 1.00. The van der Waals surface area contributed by atoms with Crippen molar-refractivity contribution >= 4 is 0 Å². The molecule has 1 saturated carbocycles. The van der Waals surface area contributed by atoms with Crippen molar-refractivity contribution in [2.75, 3.05) is 27.3 Å². The van der Waals surface area contributed by atoms with E-state index < -0.39 is 0 Å². The first-order valence-corrected chi connectivity index (χ1v) is 6.66. The van der Waals surface area contributed by atoms with Crippen LogP contribution in [0.2, 0.25) is 0 Å². The van der Waals surface area contributed by atoms with Gasteiger partial charge in [-0.3, -0.25) is 4.90 Å². The van der Waals surface area contributed by atoms with E-state index in [9.17, 15) is 0 Å². The highest BCUT2D eigenvalue weighted by Gasteiger charge is 2.11. The topological polar surface area (TPSA) is 15.3 Å². The van der Waals surface area contributed by atoms with Crippen molar-refractivity contribution < 1.29 is 0 Å². The fourth-order valence-corrected chi connectivity index (χ4v) is 2.58. The summed E-state index contributed by atoms with van der Waals surface area (Å²) in [6.45, 7) is 2.28. The second-order valence-corrected chi connectivity index (χ2v) is 5.09. The predicted molar refractivity (Wildman–Crippen MR) is 67.0 cm³/mol. The van der Waals surface area contributed by atoms with Crippen LogP contribution < -0.4 is 5.32 Å². The lowest BCUT2D eigenvalue weighted by molar-refractivity contribution is 0.265. The summed E-state index contributed by atoms with van der Waals surface area (Å²) in [6, 6.07) is 0. The van der Waals surface area contributed by atoms with Crippen molar-refractivity contribution in [3.05, 3.63) is 0 Å². The Kier molecular flexibility index (Phi) is 7.03. The Morgan fingerprint density at radius 3 is 2.27 bits per heavy atom. The van der Waals surface area contributed by atoms with Crippen molar-refractivity contribution in [1.82, 2.24) is 10.2 Å². The average Bonchev–Trinajstić information content (AvgIpc) is 2.16. The molecule has 90 valence electrons. The van der Waals surface area contributed by atoms with Gasteiger partial charge in [0.1, 0.15) is 0 Å². The van der Waals surface area contributed by atoms with E-state index in [2.05, 4.69) is 17.3 Å². The molecule has 0 heterocycles. The molecule has 0 bridgehead atoms. The zero-order valence-corrected chi connectivity index (χ0v) is 10.6. The molecule has 2 nitrogen and oxygen atoms in total. The average molecular weight is 212 g/mol. The molecule has 0 spiro atoms. The second-order valence-electron chi connectivity index (χ2n) is 5.09. The lowest BCUT2D eigenvalue weighted by atomic mass is 9.89. The molecule has 0 aromatic carbocycles. The summed E-state index contributed by atoms with van der Waals surface area (Å²) in [6.07, 6.45) is 11.7. The van der Waals surface area contributed by atoms with Gasteiger partial charge < -0.3 is 5.32 Å². The van der Waals surface area contributed by atoms with Crippen molar-refractivity contribution in [3.8, 4) is 0 Å². The first kappa shape index (κ1) is 13.0. The third kappa shape index (κ3) is 6.16. The van der Waals surface area contributed by atoms with Crippen LogP contribution in [0.1, 0.15) is 51.4 Å². The number of nitrogens with one attached hydrogen (secondary N) is 1. The highest BCUT2D eigenvalue weighted by atomic mass is 15.2. The third-order valence-electron chi connectivity index (χ3n) is 3.57. The van der Waals surface area contributed by atoms with E-state index in [1.807, 2.05) is 7.05 Å². The van der Waals surface area contributed by atoms with Gasteiger partial charge in [-0.15, -0.1) is 0 Å². The summed E-state index contributed by atoms with van der Waals surface area (Å²) in [5.41, 5.74) is 0. The van der Waals surface area contributed by atoms with Gasteiger partial charge in [0, 0.05) is 6.67 Å². The summed E-state index contributed by atoms with van der Waals surface area (Å²) in [5, 5.41) is 3.20. The van der Waals surface area contributed by atoms with Crippen LogP contribution in [0, 0.1) is 5.92 Å². The molecule has 0 amide bonds. The molecule has 1 fully saturated rings. The van der Waals surface area contributed by atoms with Crippen LogP contribution in [-0.2, 0) is 0 Å². The Hall–Kier alpha value is -0.0800. The van der Waals surface area contributed by atoms with Crippen LogP contribution in [0.4, 0.5) is 0 Å². The van der Waals surface area contributed by atoms with E-state index >= 15 is 0 Å². The molecule has 0 aliphatic heterocycles. The SMILES string of the molecule is CNCN(C)CCC1CCCCCCC1. The smallest absolute Gasteiger partial charge is 0.0475 e. The summed E-state index contributed by atoms with van der Waals surface area (Å²) in [4.78, 5) is 2.39. The number of hydrogen-bond acceptors (Lipinski definition) is 2. The molecule has 0 atom stereocenters. The van der Waals surface area contributed by atoms with E-state index in [1.54, 1.807) is 0 Å². The van der Waals surface area contributed by atoms with Gasteiger partial charge in [0.25, 0.3) is 0 Å². The van der Waals surface area contributed by atoms with E-state index in [-0.39, 0.29) is 0 Å². The van der Waals surface area contributed by atoms with Gasteiger partial charge in [-0.1, -0.05) is 44.9 Å². The second kappa shape index (κ2) is 8.12. The minimum absolute atomic E-state index is 1.00. The van der Waals surface area contributed by atoms with Crippen LogP contribution in [-0.4, -0.2) is 32.2 Å². The Bertz CT molecular complexity index is 139. The Morgan fingerprint density at radius 1 is 1.07 bits per heavy atom. The molecule has 0 aromatic heterocycles. The van der Waals surface area contributed by atoms with Gasteiger partial charge in [-0.2, -0.15) is 0 Å². The number of rotatable bonds is 5. The van der Waals surface area contributed by atoms with E-state index in [4.69, 9.17) is 0 Å². The maximum absolute atomic E-state index is 3.20. The molecule has 1 rings (SSSR count). The molecule has 0 saturated heterocycles. The zero-order chi connectivity index (χ0) is 10.9. The maximum Gasteiger partial charge on any atom is 0.0475 e. The Morgan fingerprint density at radius 2 is 1.67 bits per heavy atom. The summed E-state index contributed by atoms with van der Waals surface area (Å²) in [5.74, 6) is 1.00. The highest BCUT2D eigenvalue weighted by Crippen LogP contribution is 2.24. The Labute approximate surface area is 95.4 Å². The van der Waals surface area contributed by atoms with Crippen molar-refractivity contribution in [2.45, 2.75) is 51.4 Å². The fraction of sp³-hybridized carbons (Fsp3) is 1.00. The zero-order valence-electron chi connectivity index (χ0n) is 10.6. The number of nitrogens with zero attached hydrogens (tertiary/aromatic N) is 1. The summed E-state index contributed by atoms with van der Waals surface area (Å²) in [7, 11) is 4.23. The van der Waals surface area contributed by atoms with E-state index in [0.717, 1.165) is 12.6 Å². The molecule has 0 radical (unpaired) electrons. The van der Waals surface area contributed by atoms with Crippen LogP contribution >= 0.6 is 0 Å². The fourth-order valence-electron chi connectivity index (χ4n) is 2.58. The van der Waals surface area contributed by atoms with E-state index in [0.29, 0.717) is 0 Å². The normalized spacial score (nSPS) is 20.2. The summed E-state index contributed by atoms with van der Waals surface area (Å²) >= 11 is 0. The van der Waals surface area contributed by atoms with Gasteiger partial charge in [0.2, 0.25) is 0 Å². The molecule has 1 aliphatic rings. The molecule has 2 heteroatoms. The lowest BCUT2D eigenvalue weighted by Crippen LogP contribution is -2.30. The van der Waals surface area contributed by atoms with Crippen molar-refractivity contribution in [2.24, 2.45) is 5.92 Å². The predicted octanol–water partition coefficient (Wildman–Crippen LogP) is 2.85. The highest BCUT2D eigenvalue weighted by molar-refractivity contribution is 4.65. The maximum atomic E-state index is 3.20. The summed E-state index contributed by atoms with van der Waals surface area (Å²) < 4.78 is 0. The first-order chi connectivity index (χ1) is 7.33.